The van der Waals surface area contributed by atoms with Crippen molar-refractivity contribution in [3.63, 3.8) is 0 Å². The lowest BCUT2D eigenvalue weighted by atomic mass is 10.2. The number of hydrogen-bond acceptors (Lipinski definition) is 6. The molecule has 0 bridgehead atoms. The van der Waals surface area contributed by atoms with E-state index in [4.69, 9.17) is 38.6 Å². The molecule has 1 atom stereocenters. The molecule has 16 heteroatoms. The zero-order valence-corrected chi connectivity index (χ0v) is 18.0. The number of benzene rings is 1. The molecule has 0 heterocycles. The van der Waals surface area contributed by atoms with Crippen LogP contribution in [0.3, 0.4) is 0 Å². The van der Waals surface area contributed by atoms with Crippen LogP contribution >= 0.6 is 23.2 Å². The number of carbonyl (C=O) groups is 1. The summed E-state index contributed by atoms with van der Waals surface area (Å²) < 4.78 is 94.7. The number of ether oxygens (including phenoxy) is 1. The number of anilines is 1. The van der Waals surface area contributed by atoms with Gasteiger partial charge in [-0.05, 0) is 19.1 Å². The van der Waals surface area contributed by atoms with Gasteiger partial charge in [-0.15, -0.1) is 13.2 Å². The van der Waals surface area contributed by atoms with Gasteiger partial charge in [0.05, 0.1) is 21.3 Å². The standard InChI is InChI=1S/C16H12Cl2F6N4O3S/c1-2-31-6-11(29)27-14(13(10(26)5-25)32(30)16(22,23)24)28-12-8(17)3-7(4-9(12)18)15(19,20)21/h3-4,26,28H,2,6H2,1H3,(H,27,29)/b14-13+,26-10?. The molecule has 1 aromatic rings. The quantitative estimate of drug-likeness (QED) is 0.261. The Kier molecular flexibility index (Phi) is 9.66. The molecule has 1 rings (SSSR count). The number of halogens is 8. The van der Waals surface area contributed by atoms with Gasteiger partial charge in [-0.1, -0.05) is 23.2 Å². The second-order valence-corrected chi connectivity index (χ2v) is 7.75. The largest absolute Gasteiger partial charge is 0.604 e. The van der Waals surface area contributed by atoms with Crippen molar-refractivity contribution in [1.82, 2.24) is 5.32 Å². The Hall–Kier alpha value is -2.18. The molecule has 0 aliphatic rings. The normalized spacial score (nSPS) is 13.7. The van der Waals surface area contributed by atoms with Crippen molar-refractivity contribution < 1.29 is 40.4 Å². The summed E-state index contributed by atoms with van der Waals surface area (Å²) in [4.78, 5) is 10.5. The predicted molar refractivity (Wildman–Crippen MR) is 104 cm³/mol. The summed E-state index contributed by atoms with van der Waals surface area (Å²) >= 11 is 7.52. The maximum atomic E-state index is 13.1. The lowest BCUT2D eigenvalue weighted by molar-refractivity contribution is -0.137. The Morgan fingerprint density at radius 2 is 1.78 bits per heavy atom. The first-order valence-corrected chi connectivity index (χ1v) is 9.96. The van der Waals surface area contributed by atoms with Crippen LogP contribution in [0.25, 0.3) is 0 Å². The average molecular weight is 525 g/mol. The number of nitrogens with zero attached hydrogens (tertiary/aromatic N) is 1. The van der Waals surface area contributed by atoms with Crippen molar-refractivity contribution in [2.45, 2.75) is 18.6 Å². The molecule has 0 saturated carbocycles. The third-order valence-electron chi connectivity index (χ3n) is 3.28. The minimum atomic E-state index is -5.47. The maximum Gasteiger partial charge on any atom is 0.578 e. The zero-order chi connectivity index (χ0) is 24.9. The van der Waals surface area contributed by atoms with Crippen LogP contribution in [0, 0.1) is 16.7 Å². The summed E-state index contributed by atoms with van der Waals surface area (Å²) in [6.07, 6.45) is -4.86. The van der Waals surface area contributed by atoms with Gasteiger partial charge in [-0.2, -0.15) is 18.4 Å². The minimum absolute atomic E-state index is 0.0335. The molecule has 7 nitrogen and oxygen atoms in total. The first-order chi connectivity index (χ1) is 14.6. The van der Waals surface area contributed by atoms with E-state index < -0.39 is 73.1 Å². The molecule has 0 spiro atoms. The third-order valence-corrected chi connectivity index (χ3v) is 5.08. The van der Waals surface area contributed by atoms with Gasteiger partial charge in [0.2, 0.25) is 4.91 Å². The van der Waals surface area contributed by atoms with E-state index in [9.17, 15) is 35.7 Å². The molecule has 1 unspecified atom stereocenters. The fraction of sp³-hybridized carbons (Fsp3) is 0.312. The highest BCUT2D eigenvalue weighted by Crippen LogP contribution is 2.39. The summed E-state index contributed by atoms with van der Waals surface area (Å²) in [5.74, 6) is -2.21. The van der Waals surface area contributed by atoms with E-state index in [0.717, 1.165) is 6.07 Å². The fourth-order valence-electron chi connectivity index (χ4n) is 1.97. The molecule has 0 aliphatic carbocycles. The van der Waals surface area contributed by atoms with Gasteiger partial charge in [0.25, 0.3) is 5.91 Å². The van der Waals surface area contributed by atoms with Crippen LogP contribution in [-0.4, -0.2) is 34.9 Å². The lowest BCUT2D eigenvalue weighted by Gasteiger charge is -2.21. The molecule has 1 amide bonds. The Balaban J connectivity index is 3.67. The summed E-state index contributed by atoms with van der Waals surface area (Å²) in [7, 11) is 0. The molecule has 0 aromatic heterocycles. The van der Waals surface area contributed by atoms with Crippen LogP contribution in [-0.2, 0) is 26.9 Å². The highest BCUT2D eigenvalue weighted by Gasteiger charge is 2.50. The molecule has 1 aromatic carbocycles. The number of hydrogen-bond donors (Lipinski definition) is 3. The number of rotatable bonds is 8. The van der Waals surface area contributed by atoms with Crippen LogP contribution in [0.15, 0.2) is 22.9 Å². The first-order valence-electron chi connectivity index (χ1n) is 8.06. The second kappa shape index (κ2) is 11.1. The Morgan fingerprint density at radius 1 is 1.25 bits per heavy atom. The summed E-state index contributed by atoms with van der Waals surface area (Å²) in [5, 5.41) is 18.8. The number of nitriles is 1. The van der Waals surface area contributed by atoms with Crippen LogP contribution in [0.5, 0.6) is 0 Å². The third kappa shape index (κ3) is 7.45. The summed E-state index contributed by atoms with van der Waals surface area (Å²) in [6.45, 7) is 0.841. The average Bonchev–Trinajstić information content (AvgIpc) is 2.66. The van der Waals surface area contributed by atoms with Gasteiger partial charge in [0.1, 0.15) is 23.9 Å². The number of alkyl halides is 6. The molecular formula is C16H12Cl2F6N4O3S. The van der Waals surface area contributed by atoms with E-state index in [2.05, 4.69) is 0 Å². The van der Waals surface area contributed by atoms with Crippen LogP contribution in [0.2, 0.25) is 10.0 Å². The molecule has 0 fully saturated rings. The second-order valence-electron chi connectivity index (χ2n) is 5.53. The molecule has 176 valence electrons. The van der Waals surface area contributed by atoms with Gasteiger partial charge in [-0.25, -0.2) is 0 Å². The summed E-state index contributed by atoms with van der Waals surface area (Å²) in [5.41, 5.74) is -8.83. The zero-order valence-electron chi connectivity index (χ0n) is 15.7. The van der Waals surface area contributed by atoms with Crippen molar-refractivity contribution in [2.75, 3.05) is 18.5 Å². The van der Waals surface area contributed by atoms with Gasteiger partial charge in [-0.3, -0.25) is 10.2 Å². The van der Waals surface area contributed by atoms with Crippen LogP contribution in [0.1, 0.15) is 12.5 Å². The monoisotopic (exact) mass is 524 g/mol. The van der Waals surface area contributed by atoms with Gasteiger partial charge < -0.3 is 19.9 Å². The van der Waals surface area contributed by atoms with Crippen molar-refractivity contribution in [3.8, 4) is 6.07 Å². The maximum absolute atomic E-state index is 13.1. The van der Waals surface area contributed by atoms with Gasteiger partial charge in [0.15, 0.2) is 11.5 Å². The molecule has 32 heavy (non-hydrogen) atoms. The van der Waals surface area contributed by atoms with Crippen molar-refractivity contribution in [2.24, 2.45) is 0 Å². The van der Waals surface area contributed by atoms with E-state index in [-0.39, 0.29) is 6.61 Å². The Morgan fingerprint density at radius 3 is 2.19 bits per heavy atom. The van der Waals surface area contributed by atoms with E-state index in [1.165, 1.54) is 6.92 Å². The number of nitrogens with one attached hydrogen (secondary N) is 3. The summed E-state index contributed by atoms with van der Waals surface area (Å²) in [6, 6.07) is 1.84. The van der Waals surface area contributed by atoms with Gasteiger partial charge >= 0.3 is 11.7 Å². The molecule has 0 aliphatic heterocycles. The number of carbonyl (C=O) groups excluding carboxylic acids is 1. The highest BCUT2D eigenvalue weighted by molar-refractivity contribution is 7.97. The topological polar surface area (TPSA) is 121 Å². The predicted octanol–water partition coefficient (Wildman–Crippen LogP) is 4.56. The molecule has 3 N–H and O–H groups in total. The lowest BCUT2D eigenvalue weighted by Crippen LogP contribution is -2.37. The van der Waals surface area contributed by atoms with Crippen molar-refractivity contribution in [3.05, 3.63) is 38.5 Å². The smallest absolute Gasteiger partial charge is 0.578 e. The molecule has 0 radical (unpaired) electrons. The van der Waals surface area contributed by atoms with Gasteiger partial charge in [0, 0.05) is 6.61 Å². The van der Waals surface area contributed by atoms with E-state index >= 15 is 0 Å². The van der Waals surface area contributed by atoms with E-state index in [1.807, 2.05) is 10.6 Å². The van der Waals surface area contributed by atoms with Crippen LogP contribution in [0.4, 0.5) is 32.0 Å². The number of allylic oxidation sites excluding steroid dienone is 1. The number of amides is 1. The minimum Gasteiger partial charge on any atom is -0.604 e. The van der Waals surface area contributed by atoms with Crippen molar-refractivity contribution >= 4 is 51.7 Å². The Bertz CT molecular complexity index is 940. The fourth-order valence-corrected chi connectivity index (χ4v) is 3.30. The Labute approximate surface area is 190 Å². The highest BCUT2D eigenvalue weighted by atomic mass is 35.5. The SMILES string of the molecule is CCOCC(=O)N/C(Nc1c(Cl)cc(C(F)(F)F)cc1Cl)=C(/C(=N)C#N)[S+]([O-])C(F)(F)F. The molecule has 0 saturated heterocycles. The van der Waals surface area contributed by atoms with Crippen LogP contribution < -0.4 is 10.6 Å². The van der Waals surface area contributed by atoms with E-state index in [1.54, 1.807) is 0 Å². The molecular weight excluding hydrogens is 513 g/mol. The van der Waals surface area contributed by atoms with E-state index in [0.29, 0.717) is 12.1 Å². The first kappa shape index (κ1) is 27.9. The van der Waals surface area contributed by atoms with Crippen molar-refractivity contribution in [1.29, 1.82) is 10.7 Å².